The summed E-state index contributed by atoms with van der Waals surface area (Å²) < 4.78 is 25.8. The molecule has 0 atom stereocenters. The summed E-state index contributed by atoms with van der Waals surface area (Å²) in [5, 5.41) is 0. The summed E-state index contributed by atoms with van der Waals surface area (Å²) in [7, 11) is -3.00. The minimum absolute atomic E-state index is 0.0398. The number of aromatic nitrogens is 2. The Hall–Kier alpha value is -1.04. The topological polar surface area (TPSA) is 61.1 Å². The zero-order chi connectivity index (χ0) is 11.8. The van der Waals surface area contributed by atoms with Gasteiger partial charge in [0.25, 0.3) is 0 Å². The van der Waals surface area contributed by atoms with Crippen LogP contribution in [0.2, 0.25) is 0 Å². The van der Waals surface area contributed by atoms with Gasteiger partial charge >= 0.3 is 5.69 Å². The Bertz CT molecular complexity index is 523. The first-order valence-electron chi connectivity index (χ1n) is 5.51. The van der Waals surface area contributed by atoms with Crippen LogP contribution in [0.25, 0.3) is 0 Å². The zero-order valence-corrected chi connectivity index (χ0v) is 10.1. The van der Waals surface area contributed by atoms with Gasteiger partial charge in [0.15, 0.2) is 9.84 Å². The molecule has 6 heteroatoms. The van der Waals surface area contributed by atoms with Crippen molar-refractivity contribution in [2.24, 2.45) is 0 Å². The van der Waals surface area contributed by atoms with E-state index in [-0.39, 0.29) is 23.7 Å². The third-order valence-electron chi connectivity index (χ3n) is 2.90. The predicted molar refractivity (Wildman–Crippen MR) is 61.3 cm³/mol. The van der Waals surface area contributed by atoms with Crippen molar-refractivity contribution in [3.63, 3.8) is 0 Å². The summed E-state index contributed by atoms with van der Waals surface area (Å²) >= 11 is 0. The van der Waals surface area contributed by atoms with Crippen LogP contribution >= 0.6 is 0 Å². The van der Waals surface area contributed by atoms with Crippen molar-refractivity contribution in [1.82, 2.24) is 9.13 Å². The highest BCUT2D eigenvalue weighted by atomic mass is 32.2. The van der Waals surface area contributed by atoms with E-state index >= 15 is 0 Å². The number of sulfone groups is 1. The Labute approximate surface area is 94.6 Å². The Morgan fingerprint density at radius 2 is 2.06 bits per heavy atom. The van der Waals surface area contributed by atoms with E-state index in [1.54, 1.807) is 23.9 Å². The van der Waals surface area contributed by atoms with Crippen molar-refractivity contribution in [3.8, 4) is 0 Å². The van der Waals surface area contributed by atoms with E-state index in [9.17, 15) is 13.2 Å². The average molecular weight is 244 g/mol. The fourth-order valence-electron chi connectivity index (χ4n) is 1.61. The van der Waals surface area contributed by atoms with Crippen LogP contribution in [-0.2, 0) is 16.4 Å². The number of imidazole rings is 1. The molecule has 1 aliphatic carbocycles. The molecule has 0 spiro atoms. The molecule has 0 unspecified atom stereocenters. The summed E-state index contributed by atoms with van der Waals surface area (Å²) in [6.07, 6.45) is 5.53. The van der Waals surface area contributed by atoms with Crippen LogP contribution in [-0.4, -0.2) is 29.1 Å². The molecule has 1 aromatic rings. The van der Waals surface area contributed by atoms with E-state index in [2.05, 4.69) is 0 Å². The standard InChI is InChI=1S/C10H16N2O3S/c1-2-16(14,15)8-7-11-5-6-12(10(11)13)9-3-4-9/h5-6,9H,2-4,7-8H2,1H3. The van der Waals surface area contributed by atoms with E-state index in [1.165, 1.54) is 4.57 Å². The van der Waals surface area contributed by atoms with E-state index in [1.807, 2.05) is 0 Å². The van der Waals surface area contributed by atoms with Gasteiger partial charge in [0, 0.05) is 30.7 Å². The van der Waals surface area contributed by atoms with Gasteiger partial charge in [-0.25, -0.2) is 13.2 Å². The Morgan fingerprint density at radius 1 is 1.38 bits per heavy atom. The monoisotopic (exact) mass is 244 g/mol. The summed E-state index contributed by atoms with van der Waals surface area (Å²) in [5.41, 5.74) is -0.0891. The first-order chi connectivity index (χ1) is 7.53. The smallest absolute Gasteiger partial charge is 0.298 e. The number of aryl methyl sites for hydroxylation is 1. The largest absolute Gasteiger partial charge is 0.328 e. The summed E-state index contributed by atoms with van der Waals surface area (Å²) in [4.78, 5) is 11.8. The number of rotatable bonds is 5. The van der Waals surface area contributed by atoms with Gasteiger partial charge in [-0.1, -0.05) is 6.92 Å². The second-order valence-electron chi connectivity index (χ2n) is 4.15. The maximum Gasteiger partial charge on any atom is 0.328 e. The Morgan fingerprint density at radius 3 is 2.62 bits per heavy atom. The van der Waals surface area contributed by atoms with Gasteiger partial charge in [-0.2, -0.15) is 0 Å². The molecular weight excluding hydrogens is 228 g/mol. The normalized spacial score (nSPS) is 16.6. The van der Waals surface area contributed by atoms with Crippen molar-refractivity contribution in [1.29, 1.82) is 0 Å². The van der Waals surface area contributed by atoms with Crippen molar-refractivity contribution < 1.29 is 8.42 Å². The van der Waals surface area contributed by atoms with Gasteiger partial charge in [-0.15, -0.1) is 0 Å². The molecule has 16 heavy (non-hydrogen) atoms. The van der Waals surface area contributed by atoms with Crippen molar-refractivity contribution in [3.05, 3.63) is 22.9 Å². The Balaban J connectivity index is 2.08. The average Bonchev–Trinajstić information content (AvgIpc) is 3.02. The molecular formula is C10H16N2O3S. The van der Waals surface area contributed by atoms with Gasteiger partial charge in [-0.05, 0) is 12.8 Å². The number of hydrogen-bond donors (Lipinski definition) is 0. The molecule has 90 valence electrons. The van der Waals surface area contributed by atoms with E-state index in [4.69, 9.17) is 0 Å². The molecule has 0 radical (unpaired) electrons. The minimum Gasteiger partial charge on any atom is -0.298 e. The first kappa shape index (κ1) is 11.4. The van der Waals surface area contributed by atoms with Gasteiger partial charge in [-0.3, -0.25) is 9.13 Å². The lowest BCUT2D eigenvalue weighted by molar-refractivity contribution is 0.585. The van der Waals surface area contributed by atoms with E-state index in [0.29, 0.717) is 6.04 Å². The second-order valence-corrected chi connectivity index (χ2v) is 6.62. The van der Waals surface area contributed by atoms with Crippen LogP contribution in [0.5, 0.6) is 0 Å². The van der Waals surface area contributed by atoms with Crippen LogP contribution in [0.1, 0.15) is 25.8 Å². The molecule has 0 aromatic carbocycles. The molecule has 1 aliphatic rings. The van der Waals surface area contributed by atoms with Crippen LogP contribution in [0.4, 0.5) is 0 Å². The number of nitrogens with zero attached hydrogens (tertiary/aromatic N) is 2. The highest BCUT2D eigenvalue weighted by molar-refractivity contribution is 7.91. The van der Waals surface area contributed by atoms with Crippen LogP contribution < -0.4 is 5.69 Å². The molecule has 1 aromatic heterocycles. The minimum atomic E-state index is -3.00. The molecule has 1 fully saturated rings. The van der Waals surface area contributed by atoms with Gasteiger partial charge in [0.05, 0.1) is 5.75 Å². The third-order valence-corrected chi connectivity index (χ3v) is 4.58. The summed E-state index contributed by atoms with van der Waals surface area (Å²) in [5.74, 6) is 0.170. The lowest BCUT2D eigenvalue weighted by atomic mass is 10.7. The summed E-state index contributed by atoms with van der Waals surface area (Å²) in [6.45, 7) is 1.88. The third kappa shape index (κ3) is 2.37. The quantitative estimate of drug-likeness (QED) is 0.754. The van der Waals surface area contributed by atoms with E-state index < -0.39 is 9.84 Å². The molecule has 5 nitrogen and oxygen atoms in total. The second kappa shape index (κ2) is 4.08. The SMILES string of the molecule is CCS(=O)(=O)CCn1ccn(C2CC2)c1=O. The molecule has 1 heterocycles. The van der Waals surface area contributed by atoms with Crippen LogP contribution in [0.15, 0.2) is 17.2 Å². The van der Waals surface area contributed by atoms with E-state index in [0.717, 1.165) is 12.8 Å². The Kier molecular flexibility index (Phi) is 2.92. The maximum atomic E-state index is 11.8. The summed E-state index contributed by atoms with van der Waals surface area (Å²) in [6, 6.07) is 0.344. The zero-order valence-electron chi connectivity index (χ0n) is 9.30. The first-order valence-corrected chi connectivity index (χ1v) is 7.33. The van der Waals surface area contributed by atoms with Crippen molar-refractivity contribution in [2.75, 3.05) is 11.5 Å². The fourth-order valence-corrected chi connectivity index (χ4v) is 2.37. The molecule has 0 aliphatic heterocycles. The molecule has 0 amide bonds. The van der Waals surface area contributed by atoms with Gasteiger partial charge in [0.1, 0.15) is 0 Å². The van der Waals surface area contributed by atoms with Crippen LogP contribution in [0.3, 0.4) is 0 Å². The molecule has 1 saturated carbocycles. The molecule has 0 N–H and O–H groups in total. The molecule has 0 saturated heterocycles. The van der Waals surface area contributed by atoms with Crippen LogP contribution in [0, 0.1) is 0 Å². The molecule has 2 rings (SSSR count). The highest BCUT2D eigenvalue weighted by Gasteiger charge is 2.25. The molecule has 0 bridgehead atoms. The fraction of sp³-hybridized carbons (Fsp3) is 0.700. The maximum absolute atomic E-state index is 11.8. The van der Waals surface area contributed by atoms with Crippen molar-refractivity contribution in [2.45, 2.75) is 32.4 Å². The lowest BCUT2D eigenvalue weighted by Crippen LogP contribution is -2.26. The number of hydrogen-bond acceptors (Lipinski definition) is 3. The van der Waals surface area contributed by atoms with Gasteiger partial charge in [0.2, 0.25) is 0 Å². The van der Waals surface area contributed by atoms with Gasteiger partial charge < -0.3 is 0 Å². The van der Waals surface area contributed by atoms with Crippen molar-refractivity contribution >= 4 is 9.84 Å². The highest BCUT2D eigenvalue weighted by Crippen LogP contribution is 2.33. The predicted octanol–water partition coefficient (Wildman–Crippen LogP) is 0.419. The lowest BCUT2D eigenvalue weighted by Gasteiger charge is -2.01.